The van der Waals surface area contributed by atoms with Gasteiger partial charge >= 0.3 is 5.97 Å². The molecule has 31 heavy (non-hydrogen) atoms. The minimum Gasteiger partial charge on any atom is -0.598 e. The molecule has 0 heterocycles. The predicted octanol–water partition coefficient (Wildman–Crippen LogP) is 5.95. The van der Waals surface area contributed by atoms with Crippen LogP contribution in [0.15, 0.2) is 24.3 Å². The first-order chi connectivity index (χ1) is 14.3. The lowest BCUT2D eigenvalue weighted by molar-refractivity contribution is -0.143. The average molecular weight is 472 g/mol. The van der Waals surface area contributed by atoms with Crippen molar-refractivity contribution < 1.29 is 22.9 Å². The first-order valence-corrected chi connectivity index (χ1v) is 11.5. The Labute approximate surface area is 190 Å². The van der Waals surface area contributed by atoms with E-state index in [1.54, 1.807) is 47.6 Å². The summed E-state index contributed by atoms with van der Waals surface area (Å²) in [5.41, 5.74) is 2.72. The van der Waals surface area contributed by atoms with Crippen LogP contribution in [0.5, 0.6) is 0 Å². The van der Waals surface area contributed by atoms with E-state index in [1.807, 2.05) is 0 Å². The van der Waals surface area contributed by atoms with E-state index in [0.29, 0.717) is 16.7 Å². The number of halogens is 3. The molecule has 8 heteroatoms. The Morgan fingerprint density at radius 1 is 1.19 bits per heavy atom. The van der Waals surface area contributed by atoms with E-state index < -0.39 is 33.9 Å². The number of carbonyl (C=O) groups is 1. The van der Waals surface area contributed by atoms with E-state index in [9.17, 15) is 13.7 Å². The smallest absolute Gasteiger partial charge is 0.307 e. The zero-order valence-electron chi connectivity index (χ0n) is 18.6. The molecule has 0 aliphatic heterocycles. The molecule has 0 saturated carbocycles. The van der Waals surface area contributed by atoms with Gasteiger partial charge in [0.15, 0.2) is 0 Å². The molecule has 1 unspecified atom stereocenters. The van der Waals surface area contributed by atoms with E-state index in [1.165, 1.54) is 18.2 Å². The topological polar surface area (TPSA) is 61.4 Å². The molecular weight excluding hydrogens is 444 g/mol. The lowest BCUT2D eigenvalue weighted by Crippen LogP contribution is -2.42. The summed E-state index contributed by atoms with van der Waals surface area (Å²) < 4.78 is 48.9. The number of carbonyl (C=O) groups excluding carboxylic acids is 1. The third-order valence-electron chi connectivity index (χ3n) is 4.70. The molecule has 2 atom stereocenters. The summed E-state index contributed by atoms with van der Waals surface area (Å²) in [7, 11) is 0. The van der Waals surface area contributed by atoms with E-state index in [-0.39, 0.29) is 29.4 Å². The molecule has 0 aliphatic rings. The Bertz CT molecular complexity index is 940. The monoisotopic (exact) mass is 471 g/mol. The molecule has 4 nitrogen and oxygen atoms in total. The van der Waals surface area contributed by atoms with Gasteiger partial charge < -0.3 is 9.29 Å². The fraction of sp³-hybridized carbons (Fsp3) is 0.435. The summed E-state index contributed by atoms with van der Waals surface area (Å²) in [5, 5.41) is -0.146. The maximum absolute atomic E-state index is 15.1. The minimum atomic E-state index is -1.58. The summed E-state index contributed by atoms with van der Waals surface area (Å²) in [4.78, 5) is 12.2. The van der Waals surface area contributed by atoms with E-state index in [2.05, 4.69) is 4.72 Å². The summed E-state index contributed by atoms with van der Waals surface area (Å²) in [5.74, 6) is -1.63. The number of hydrogen-bond donors (Lipinski definition) is 1. The molecule has 0 aliphatic carbocycles. The van der Waals surface area contributed by atoms with Gasteiger partial charge in [-0.2, -0.15) is 0 Å². The predicted molar refractivity (Wildman–Crippen MR) is 121 cm³/mol. The van der Waals surface area contributed by atoms with Crippen molar-refractivity contribution in [3.05, 3.63) is 57.6 Å². The Kier molecular flexibility index (Phi) is 8.50. The molecule has 0 bridgehead atoms. The quantitative estimate of drug-likeness (QED) is 0.400. The van der Waals surface area contributed by atoms with Crippen molar-refractivity contribution in [3.8, 4) is 11.1 Å². The number of nitrogens with one attached hydrogen (secondary N) is 1. The number of benzene rings is 2. The molecular formula is C23H28ClF2NO3S. The normalized spacial score (nSPS) is 13.7. The van der Waals surface area contributed by atoms with Gasteiger partial charge in [-0.3, -0.25) is 4.79 Å². The van der Waals surface area contributed by atoms with Crippen molar-refractivity contribution in [2.24, 2.45) is 0 Å². The Balaban J connectivity index is 2.61. The van der Waals surface area contributed by atoms with Gasteiger partial charge in [-0.25, -0.2) is 8.78 Å². The van der Waals surface area contributed by atoms with Gasteiger partial charge in [0, 0.05) is 16.9 Å². The fourth-order valence-electron chi connectivity index (χ4n) is 3.28. The Morgan fingerprint density at radius 2 is 1.77 bits per heavy atom. The highest BCUT2D eigenvalue weighted by Crippen LogP contribution is 2.36. The average Bonchev–Trinajstić information content (AvgIpc) is 2.62. The maximum atomic E-state index is 15.1. The molecule has 0 fully saturated rings. The second-order valence-electron chi connectivity index (χ2n) is 8.34. The van der Waals surface area contributed by atoms with Gasteiger partial charge in [0.25, 0.3) is 0 Å². The van der Waals surface area contributed by atoms with Crippen LogP contribution >= 0.6 is 11.6 Å². The molecule has 170 valence electrons. The zero-order chi connectivity index (χ0) is 23.5. The van der Waals surface area contributed by atoms with Gasteiger partial charge in [0.1, 0.15) is 16.4 Å². The van der Waals surface area contributed by atoms with Crippen LogP contribution < -0.4 is 4.72 Å². The molecule has 2 aromatic carbocycles. The second-order valence-corrected chi connectivity index (χ2v) is 10.7. The Hall–Kier alpha value is -1.67. The fourth-order valence-corrected chi connectivity index (χ4v) is 4.33. The van der Waals surface area contributed by atoms with E-state index in [4.69, 9.17) is 16.3 Å². The maximum Gasteiger partial charge on any atom is 0.307 e. The highest BCUT2D eigenvalue weighted by molar-refractivity contribution is 7.90. The number of hydrogen-bond acceptors (Lipinski definition) is 4. The van der Waals surface area contributed by atoms with Gasteiger partial charge in [0.05, 0.1) is 24.1 Å². The summed E-state index contributed by atoms with van der Waals surface area (Å²) >= 11 is 4.62. The summed E-state index contributed by atoms with van der Waals surface area (Å²) in [6.45, 7) is 10.7. The van der Waals surface area contributed by atoms with Crippen molar-refractivity contribution in [2.45, 2.75) is 58.8 Å². The largest absolute Gasteiger partial charge is 0.598 e. The number of aryl methyl sites for hydroxylation is 2. The molecule has 2 aromatic rings. The van der Waals surface area contributed by atoms with Crippen molar-refractivity contribution in [1.29, 1.82) is 0 Å². The van der Waals surface area contributed by atoms with Crippen LogP contribution in [-0.2, 0) is 20.9 Å². The van der Waals surface area contributed by atoms with Crippen LogP contribution in [0, 0.1) is 25.5 Å². The first-order valence-electron chi connectivity index (χ1n) is 9.94. The Morgan fingerprint density at radius 3 is 2.29 bits per heavy atom. The first kappa shape index (κ1) is 25.6. The summed E-state index contributed by atoms with van der Waals surface area (Å²) in [6.07, 6.45) is -0.228. The molecule has 0 spiro atoms. The standard InChI is InChI=1S/C23H28ClF2NO3S/c1-7-30-20(28)12-19(27-31(29)23(4,5)6)17-10-15(11-18(24)22(17)26)21-13(2)8-16(25)9-14(21)3/h8-11,19,27H,7,12H2,1-6H3/t19-,31?/m0/s1. The van der Waals surface area contributed by atoms with Crippen LogP contribution in [0.2, 0.25) is 5.02 Å². The van der Waals surface area contributed by atoms with Crippen LogP contribution in [0.1, 0.15) is 56.8 Å². The van der Waals surface area contributed by atoms with Gasteiger partial charge in [-0.1, -0.05) is 11.6 Å². The molecule has 2 rings (SSSR count). The highest BCUT2D eigenvalue weighted by atomic mass is 35.5. The summed E-state index contributed by atoms with van der Waals surface area (Å²) in [6, 6.07) is 4.88. The third kappa shape index (κ3) is 6.42. The van der Waals surface area contributed by atoms with Crippen LogP contribution in [0.4, 0.5) is 8.78 Å². The van der Waals surface area contributed by atoms with Crippen molar-refractivity contribution in [2.75, 3.05) is 6.61 Å². The third-order valence-corrected chi connectivity index (χ3v) is 6.59. The molecule has 0 amide bonds. The molecule has 1 N–H and O–H groups in total. The molecule has 0 aromatic heterocycles. The highest BCUT2D eigenvalue weighted by Gasteiger charge is 2.33. The lowest BCUT2D eigenvalue weighted by Gasteiger charge is -2.28. The lowest BCUT2D eigenvalue weighted by atomic mass is 9.92. The molecule has 0 radical (unpaired) electrons. The van der Waals surface area contributed by atoms with Crippen molar-refractivity contribution >= 4 is 28.9 Å². The van der Waals surface area contributed by atoms with Crippen LogP contribution in [0.3, 0.4) is 0 Å². The van der Waals surface area contributed by atoms with Gasteiger partial charge in [-0.15, -0.1) is 4.72 Å². The second kappa shape index (κ2) is 10.3. The number of ether oxygens (including phenoxy) is 1. The van der Waals surface area contributed by atoms with Gasteiger partial charge in [-0.05, 0) is 88.1 Å². The van der Waals surface area contributed by atoms with Gasteiger partial charge in [0.2, 0.25) is 0 Å². The number of esters is 1. The van der Waals surface area contributed by atoms with Crippen molar-refractivity contribution in [3.63, 3.8) is 0 Å². The van der Waals surface area contributed by atoms with Crippen LogP contribution in [-0.4, -0.2) is 21.9 Å². The molecule has 0 saturated heterocycles. The zero-order valence-corrected chi connectivity index (χ0v) is 20.1. The van der Waals surface area contributed by atoms with E-state index in [0.717, 1.165) is 5.56 Å². The number of rotatable bonds is 7. The minimum absolute atomic E-state index is 0.0938. The van der Waals surface area contributed by atoms with E-state index >= 15 is 4.39 Å². The SMILES string of the molecule is CCOC(=O)C[C@H](N[S+]([O-])C(C)(C)C)c1cc(-c2c(C)cc(F)cc2C)cc(Cl)c1F. The van der Waals surface area contributed by atoms with Crippen LogP contribution in [0.25, 0.3) is 11.1 Å². The van der Waals surface area contributed by atoms with Crippen molar-refractivity contribution in [1.82, 2.24) is 4.72 Å².